The lowest BCUT2D eigenvalue weighted by atomic mass is 9.92. The number of aliphatic hydroxyl groups is 1. The van der Waals surface area contributed by atoms with Crippen molar-refractivity contribution in [2.75, 3.05) is 12.4 Å². The molecule has 0 spiro atoms. The highest BCUT2D eigenvalue weighted by molar-refractivity contribution is 7.14. The molecule has 2 aromatic heterocycles. The quantitative estimate of drug-likeness (QED) is 0.222. The third-order valence-corrected chi connectivity index (χ3v) is 7.38. The van der Waals surface area contributed by atoms with Crippen molar-refractivity contribution in [3.8, 4) is 16.9 Å². The van der Waals surface area contributed by atoms with E-state index in [1.807, 2.05) is 0 Å². The van der Waals surface area contributed by atoms with Gasteiger partial charge in [-0.2, -0.15) is 26.3 Å². The van der Waals surface area contributed by atoms with E-state index in [0.29, 0.717) is 34.0 Å². The van der Waals surface area contributed by atoms with Crippen LogP contribution in [0.2, 0.25) is 0 Å². The van der Waals surface area contributed by atoms with Gasteiger partial charge in [-0.3, -0.25) is 9.36 Å². The molecule has 0 aliphatic rings. The Morgan fingerprint density at radius 2 is 1.56 bits per heavy atom. The van der Waals surface area contributed by atoms with Crippen LogP contribution in [0.15, 0.2) is 83.0 Å². The van der Waals surface area contributed by atoms with E-state index in [2.05, 4.69) is 15.3 Å². The number of fused-ring (bicyclic) bond motifs is 1. The molecule has 6 nitrogen and oxygen atoms in total. The van der Waals surface area contributed by atoms with Crippen LogP contribution in [0, 0.1) is 0 Å². The summed E-state index contributed by atoms with van der Waals surface area (Å²) < 4.78 is 81.6. The van der Waals surface area contributed by atoms with Crippen molar-refractivity contribution in [3.63, 3.8) is 0 Å². The van der Waals surface area contributed by atoms with E-state index in [1.54, 1.807) is 61.0 Å². The van der Waals surface area contributed by atoms with E-state index in [0.717, 1.165) is 22.3 Å². The number of hydrogen-bond donors (Lipinski definition) is 2. The Bertz CT molecular complexity index is 1750. The van der Waals surface area contributed by atoms with Crippen LogP contribution in [0.1, 0.15) is 17.0 Å². The molecular weight excluding hydrogens is 570 g/mol. The Kier molecular flexibility index (Phi) is 7.12. The molecular formula is C28H20F6N4O2S. The van der Waals surface area contributed by atoms with Crippen LogP contribution in [0.4, 0.5) is 31.5 Å². The minimum absolute atomic E-state index is 0.0256. The minimum atomic E-state index is -6.04. The first-order chi connectivity index (χ1) is 19.3. The second-order valence-corrected chi connectivity index (χ2v) is 9.96. The number of aromatic nitrogens is 3. The summed E-state index contributed by atoms with van der Waals surface area (Å²) in [6, 6.07) is 16.8. The van der Waals surface area contributed by atoms with Crippen LogP contribution in [-0.4, -0.2) is 39.0 Å². The maximum absolute atomic E-state index is 13.9. The van der Waals surface area contributed by atoms with Crippen molar-refractivity contribution in [2.45, 2.75) is 24.4 Å². The number of anilines is 1. The molecule has 0 saturated carbocycles. The Hall–Kier alpha value is -4.23. The van der Waals surface area contributed by atoms with Gasteiger partial charge in [0.05, 0.1) is 22.3 Å². The summed E-state index contributed by atoms with van der Waals surface area (Å²) in [6.07, 6.45) is -11.9. The number of nitrogens with zero attached hydrogens (tertiary/aromatic N) is 3. The molecule has 2 N–H and O–H groups in total. The van der Waals surface area contributed by atoms with Crippen LogP contribution in [0.3, 0.4) is 0 Å². The zero-order valence-corrected chi connectivity index (χ0v) is 21.9. The number of halogens is 6. The molecule has 0 radical (unpaired) electrons. The number of hydrogen-bond acceptors (Lipinski definition) is 6. The van der Waals surface area contributed by atoms with Gasteiger partial charge in [-0.05, 0) is 29.8 Å². The molecule has 0 bridgehead atoms. The maximum atomic E-state index is 13.9. The van der Waals surface area contributed by atoms with Crippen molar-refractivity contribution in [2.24, 2.45) is 0 Å². The fourth-order valence-corrected chi connectivity index (χ4v) is 5.10. The zero-order chi connectivity index (χ0) is 29.6. The van der Waals surface area contributed by atoms with Crippen molar-refractivity contribution in [1.82, 2.24) is 14.5 Å². The Balaban J connectivity index is 1.69. The van der Waals surface area contributed by atoms with Crippen LogP contribution >= 0.6 is 11.3 Å². The summed E-state index contributed by atoms with van der Waals surface area (Å²) in [4.78, 5) is 22.9. The fraction of sp³-hybridized carbons (Fsp3) is 0.179. The van der Waals surface area contributed by atoms with Gasteiger partial charge in [0, 0.05) is 30.0 Å². The smallest absolute Gasteiger partial charge is 0.369 e. The molecule has 13 heteroatoms. The SMILES string of the molecule is CNc1nc(-c2ccc3nc(Cc4ccccc4)n(-c4ccc(C(O)(C(F)(F)F)C(F)(F)F)cc4)c(=O)c3c2)cs1. The second-order valence-electron chi connectivity index (χ2n) is 9.10. The topological polar surface area (TPSA) is 80.0 Å². The number of alkyl halides is 6. The lowest BCUT2D eigenvalue weighted by molar-refractivity contribution is -0.376. The van der Waals surface area contributed by atoms with E-state index >= 15 is 0 Å². The summed E-state index contributed by atoms with van der Waals surface area (Å²) >= 11 is 1.36. The first-order valence-electron chi connectivity index (χ1n) is 12.0. The van der Waals surface area contributed by atoms with E-state index < -0.39 is 29.1 Å². The largest absolute Gasteiger partial charge is 0.430 e. The van der Waals surface area contributed by atoms with Crippen LogP contribution in [0.25, 0.3) is 27.8 Å². The highest BCUT2D eigenvalue weighted by Crippen LogP contribution is 2.50. The molecule has 5 rings (SSSR count). The molecule has 0 amide bonds. The fourth-order valence-electron chi connectivity index (χ4n) is 4.42. The average Bonchev–Trinajstić information content (AvgIpc) is 3.42. The van der Waals surface area contributed by atoms with Gasteiger partial charge in [-0.15, -0.1) is 11.3 Å². The molecule has 0 atom stereocenters. The van der Waals surface area contributed by atoms with Gasteiger partial charge in [0.1, 0.15) is 5.82 Å². The van der Waals surface area contributed by atoms with Crippen LogP contribution < -0.4 is 10.9 Å². The summed E-state index contributed by atoms with van der Waals surface area (Å²) in [6.45, 7) is 0. The van der Waals surface area contributed by atoms with Crippen LogP contribution in [0.5, 0.6) is 0 Å². The lowest BCUT2D eigenvalue weighted by Gasteiger charge is -2.32. The average molecular weight is 591 g/mol. The van der Waals surface area contributed by atoms with Crippen molar-refractivity contribution >= 4 is 27.4 Å². The van der Waals surface area contributed by atoms with Crippen molar-refractivity contribution in [3.05, 3.63) is 105 Å². The van der Waals surface area contributed by atoms with Gasteiger partial charge in [0.25, 0.3) is 11.2 Å². The number of benzene rings is 3. The summed E-state index contributed by atoms with van der Waals surface area (Å²) in [7, 11) is 1.72. The molecule has 0 aliphatic heterocycles. The monoisotopic (exact) mass is 590 g/mol. The molecule has 212 valence electrons. The first kappa shape index (κ1) is 28.3. The molecule has 2 heterocycles. The van der Waals surface area contributed by atoms with Gasteiger partial charge in [0.15, 0.2) is 5.13 Å². The van der Waals surface area contributed by atoms with E-state index in [-0.39, 0.29) is 23.3 Å². The molecule has 0 unspecified atom stereocenters. The Morgan fingerprint density at radius 1 is 0.902 bits per heavy atom. The molecule has 0 fully saturated rings. The van der Waals surface area contributed by atoms with Gasteiger partial charge in [0.2, 0.25) is 0 Å². The Labute approximate surface area is 232 Å². The Morgan fingerprint density at radius 3 is 2.15 bits per heavy atom. The summed E-state index contributed by atoms with van der Waals surface area (Å²) in [5.74, 6) is 0.210. The maximum Gasteiger partial charge on any atom is 0.430 e. The minimum Gasteiger partial charge on any atom is -0.369 e. The van der Waals surface area contributed by atoms with E-state index in [1.165, 1.54) is 11.3 Å². The molecule has 0 aliphatic carbocycles. The molecule has 3 aromatic carbocycles. The number of thiazole rings is 1. The lowest BCUT2D eigenvalue weighted by Crippen LogP contribution is -2.53. The van der Waals surface area contributed by atoms with Crippen LogP contribution in [-0.2, 0) is 12.0 Å². The zero-order valence-electron chi connectivity index (χ0n) is 21.1. The first-order valence-corrected chi connectivity index (χ1v) is 12.9. The highest BCUT2D eigenvalue weighted by atomic mass is 32.1. The van der Waals surface area contributed by atoms with Crippen molar-refractivity contribution in [1.29, 1.82) is 0 Å². The van der Waals surface area contributed by atoms with E-state index in [9.17, 15) is 36.2 Å². The third-order valence-electron chi connectivity index (χ3n) is 6.52. The summed E-state index contributed by atoms with van der Waals surface area (Å²) in [5.41, 5.74) is -4.79. The highest BCUT2D eigenvalue weighted by Gasteiger charge is 2.71. The third kappa shape index (κ3) is 5.06. The summed E-state index contributed by atoms with van der Waals surface area (Å²) in [5, 5.41) is 15.3. The molecule has 41 heavy (non-hydrogen) atoms. The number of nitrogens with one attached hydrogen (secondary N) is 1. The molecule has 0 saturated heterocycles. The van der Waals surface area contributed by atoms with Gasteiger partial charge in [-0.25, -0.2) is 9.97 Å². The predicted molar refractivity (Wildman–Crippen MR) is 143 cm³/mol. The van der Waals surface area contributed by atoms with Gasteiger partial charge >= 0.3 is 12.4 Å². The predicted octanol–water partition coefficient (Wildman–Crippen LogP) is 6.45. The number of rotatable bonds is 6. The standard InChI is InChI=1S/C28H20F6N4O2S/c1-35-25-37-22(15-41-25)17-7-12-21-20(14-17)24(39)38(23(36-21)13-16-5-3-2-4-6-16)19-10-8-18(9-11-19)26(40,27(29,30)31)28(32,33)34/h2-12,14-15,40H,13H2,1H3,(H,35,37). The molecule has 5 aromatic rings. The van der Waals surface area contributed by atoms with Gasteiger partial charge < -0.3 is 10.4 Å². The van der Waals surface area contributed by atoms with E-state index in [4.69, 9.17) is 0 Å². The second kappa shape index (κ2) is 10.3. The van der Waals surface area contributed by atoms with Gasteiger partial charge in [-0.1, -0.05) is 48.5 Å². The van der Waals surface area contributed by atoms with Crippen molar-refractivity contribution < 1.29 is 31.4 Å². The normalized spacial score (nSPS) is 12.6.